The number of allylic oxidation sites excluding steroid dienone is 2. The lowest BCUT2D eigenvalue weighted by Gasteiger charge is -2.44. The third-order valence-corrected chi connectivity index (χ3v) is 7.98. The topological polar surface area (TPSA) is 124 Å². The Balaban J connectivity index is 1.98. The third kappa shape index (κ3) is 6.21. The minimum Gasteiger partial charge on any atom is -0.478 e. The molecule has 1 heterocycles. The second-order valence-electron chi connectivity index (χ2n) is 11.3. The summed E-state index contributed by atoms with van der Waals surface area (Å²) in [6.07, 6.45) is 0.662. The number of aliphatic carboxylic acids is 2. The molecule has 214 valence electrons. The molecule has 0 aliphatic carbocycles. The van der Waals surface area contributed by atoms with E-state index >= 15 is 0 Å². The fourth-order valence-electron chi connectivity index (χ4n) is 5.91. The molecule has 3 rings (SSSR count). The lowest BCUT2D eigenvalue weighted by Crippen LogP contribution is -2.45. The summed E-state index contributed by atoms with van der Waals surface area (Å²) in [5.74, 6) is -2.57. The maximum absolute atomic E-state index is 12.7. The number of nitro groups is 1. The number of carboxylic acids is 2. The zero-order valence-electron chi connectivity index (χ0n) is 23.7. The lowest BCUT2D eigenvalue weighted by molar-refractivity contribution is -0.384. The Kier molecular flexibility index (Phi) is 9.11. The molecule has 2 aromatic rings. The van der Waals surface area contributed by atoms with Gasteiger partial charge in [0.1, 0.15) is 0 Å². The molecule has 0 saturated carbocycles. The van der Waals surface area contributed by atoms with Crippen LogP contribution in [0.3, 0.4) is 0 Å². The number of hydrogen-bond donors (Lipinski definition) is 2. The van der Waals surface area contributed by atoms with E-state index in [1.54, 1.807) is 18.7 Å². The monoisotopic (exact) mass is 569 g/mol. The number of nitro benzene ring substituents is 1. The Labute approximate surface area is 239 Å². The van der Waals surface area contributed by atoms with Crippen LogP contribution in [0.15, 0.2) is 71.1 Å². The van der Waals surface area contributed by atoms with Crippen molar-refractivity contribution < 1.29 is 24.7 Å². The van der Waals surface area contributed by atoms with Crippen LogP contribution >= 0.6 is 11.6 Å². The molecular formula is C30H36ClN3O6. The molecule has 2 aromatic carbocycles. The molecule has 0 radical (unpaired) electrons. The maximum atomic E-state index is 12.7. The second kappa shape index (κ2) is 11.8. The van der Waals surface area contributed by atoms with Crippen LogP contribution in [0.2, 0.25) is 5.02 Å². The smallest absolute Gasteiger partial charge is 0.334 e. The summed E-state index contributed by atoms with van der Waals surface area (Å²) < 4.78 is 0. The third-order valence-electron chi connectivity index (χ3n) is 7.67. The average molecular weight is 570 g/mol. The first-order chi connectivity index (χ1) is 18.6. The van der Waals surface area contributed by atoms with Crippen molar-refractivity contribution in [3.63, 3.8) is 0 Å². The Bertz CT molecular complexity index is 1350. The normalized spacial score (nSPS) is 15.6. The van der Waals surface area contributed by atoms with Gasteiger partial charge in [0.15, 0.2) is 0 Å². The van der Waals surface area contributed by atoms with Gasteiger partial charge in [0.2, 0.25) is 0 Å². The predicted octanol–water partition coefficient (Wildman–Crippen LogP) is 6.09. The van der Waals surface area contributed by atoms with E-state index in [1.807, 2.05) is 18.2 Å². The van der Waals surface area contributed by atoms with Gasteiger partial charge in [0.25, 0.3) is 5.69 Å². The first-order valence-electron chi connectivity index (χ1n) is 12.9. The van der Waals surface area contributed by atoms with Crippen LogP contribution in [-0.2, 0) is 21.5 Å². The van der Waals surface area contributed by atoms with Gasteiger partial charge in [-0.3, -0.25) is 10.1 Å². The van der Waals surface area contributed by atoms with E-state index in [2.05, 4.69) is 37.9 Å². The van der Waals surface area contributed by atoms with E-state index in [0.29, 0.717) is 24.4 Å². The second-order valence-corrected chi connectivity index (χ2v) is 11.7. The van der Waals surface area contributed by atoms with Crippen molar-refractivity contribution in [2.75, 3.05) is 20.1 Å². The quantitative estimate of drug-likeness (QED) is 0.246. The number of rotatable bonds is 11. The fraction of sp³-hybridized carbons (Fsp3) is 0.400. The molecule has 0 spiro atoms. The summed E-state index contributed by atoms with van der Waals surface area (Å²) >= 11 is 6.44. The predicted molar refractivity (Wildman–Crippen MR) is 154 cm³/mol. The average Bonchev–Trinajstić information content (AvgIpc) is 2.83. The van der Waals surface area contributed by atoms with Crippen LogP contribution in [0.1, 0.15) is 52.2 Å². The van der Waals surface area contributed by atoms with E-state index < -0.39 is 22.3 Å². The Morgan fingerprint density at radius 1 is 1.05 bits per heavy atom. The summed E-state index contributed by atoms with van der Waals surface area (Å²) in [7, 11) is 2.05. The number of non-ortho nitro benzene ring substituents is 1. The van der Waals surface area contributed by atoms with Crippen molar-refractivity contribution >= 4 is 29.2 Å². The lowest BCUT2D eigenvalue weighted by atomic mass is 9.66. The number of carboxylic acid groups (broad SMARTS) is 2. The Morgan fingerprint density at radius 2 is 1.60 bits per heavy atom. The highest BCUT2D eigenvalue weighted by Gasteiger charge is 2.49. The standard InChI is InChI=1S/C30H36ClN3O6/c1-19-25(27(35)36)30(5,23-13-12-22(34(39)40)16-24(23)31)26(28(37)38)20(2)33(19)15-14-29(3,4)18-32(6)17-21-10-8-7-9-11-21/h7-13,16H,14-15,17-18H2,1-6H3,(H,35,36)(H,37,38). The SMILES string of the molecule is CC1=C(C(=O)O)C(C)(c2ccc([N+](=O)[O-])cc2Cl)C(C(=O)O)=C(C)N1CCC(C)(C)CN(C)Cc1ccccc1. The van der Waals surface area contributed by atoms with Gasteiger partial charge in [-0.2, -0.15) is 0 Å². The van der Waals surface area contributed by atoms with E-state index in [-0.39, 0.29) is 32.8 Å². The first-order valence-corrected chi connectivity index (χ1v) is 13.3. The maximum Gasteiger partial charge on any atom is 0.334 e. The van der Waals surface area contributed by atoms with Gasteiger partial charge in [-0.15, -0.1) is 0 Å². The van der Waals surface area contributed by atoms with E-state index in [4.69, 9.17) is 11.6 Å². The summed E-state index contributed by atoms with van der Waals surface area (Å²) in [6.45, 7) is 11.1. The van der Waals surface area contributed by atoms with Crippen molar-refractivity contribution in [3.8, 4) is 0 Å². The van der Waals surface area contributed by atoms with Crippen molar-refractivity contribution in [3.05, 3.63) is 97.3 Å². The number of hydrogen-bond acceptors (Lipinski definition) is 6. The molecule has 9 nitrogen and oxygen atoms in total. The molecule has 0 unspecified atom stereocenters. The molecule has 0 bridgehead atoms. The minimum absolute atomic E-state index is 0.0779. The highest BCUT2D eigenvalue weighted by Crippen LogP contribution is 2.49. The van der Waals surface area contributed by atoms with Crippen LogP contribution in [0, 0.1) is 15.5 Å². The highest BCUT2D eigenvalue weighted by molar-refractivity contribution is 6.32. The summed E-state index contributed by atoms with van der Waals surface area (Å²) in [6, 6.07) is 13.8. The van der Waals surface area contributed by atoms with Crippen LogP contribution < -0.4 is 0 Å². The molecule has 0 amide bonds. The van der Waals surface area contributed by atoms with Gasteiger partial charge < -0.3 is 20.0 Å². The molecule has 0 fully saturated rings. The molecule has 40 heavy (non-hydrogen) atoms. The molecule has 1 aliphatic rings. The zero-order valence-corrected chi connectivity index (χ0v) is 24.5. The van der Waals surface area contributed by atoms with E-state index in [9.17, 15) is 29.9 Å². The van der Waals surface area contributed by atoms with Crippen molar-refractivity contribution in [1.82, 2.24) is 9.80 Å². The summed E-state index contributed by atoms with van der Waals surface area (Å²) in [4.78, 5) is 40.1. The summed E-state index contributed by atoms with van der Waals surface area (Å²) in [5.41, 5.74) is -0.175. The van der Waals surface area contributed by atoms with Crippen LogP contribution in [0.25, 0.3) is 0 Å². The fourth-order valence-corrected chi connectivity index (χ4v) is 6.27. The molecule has 0 saturated heterocycles. The Morgan fingerprint density at radius 3 is 2.08 bits per heavy atom. The molecule has 0 atom stereocenters. The number of halogens is 1. The van der Waals surface area contributed by atoms with Gasteiger partial charge in [0, 0.05) is 43.2 Å². The number of nitrogens with zero attached hydrogens (tertiary/aromatic N) is 3. The van der Waals surface area contributed by atoms with Crippen molar-refractivity contribution in [1.29, 1.82) is 0 Å². The molecule has 1 aliphatic heterocycles. The molecule has 0 aromatic heterocycles. The van der Waals surface area contributed by atoms with E-state index in [0.717, 1.165) is 19.2 Å². The Hall–Kier alpha value is -3.69. The van der Waals surface area contributed by atoms with Gasteiger partial charge in [-0.25, -0.2) is 9.59 Å². The van der Waals surface area contributed by atoms with Crippen LogP contribution in [0.4, 0.5) is 5.69 Å². The van der Waals surface area contributed by atoms with Gasteiger partial charge in [0.05, 0.1) is 26.5 Å². The van der Waals surface area contributed by atoms with Crippen molar-refractivity contribution in [2.24, 2.45) is 5.41 Å². The highest BCUT2D eigenvalue weighted by atomic mass is 35.5. The van der Waals surface area contributed by atoms with Crippen molar-refractivity contribution in [2.45, 2.75) is 53.0 Å². The molecule has 2 N–H and O–H groups in total. The minimum atomic E-state index is -1.65. The van der Waals surface area contributed by atoms with E-state index in [1.165, 1.54) is 24.6 Å². The largest absolute Gasteiger partial charge is 0.478 e. The zero-order chi connectivity index (χ0) is 30.0. The molecule has 10 heteroatoms. The number of carbonyl (C=O) groups is 2. The van der Waals surface area contributed by atoms with Gasteiger partial charge in [-0.1, -0.05) is 55.8 Å². The number of benzene rings is 2. The van der Waals surface area contributed by atoms with Gasteiger partial charge >= 0.3 is 11.9 Å². The van der Waals surface area contributed by atoms with Gasteiger partial charge in [-0.05, 0) is 56.8 Å². The van der Waals surface area contributed by atoms with Crippen LogP contribution in [0.5, 0.6) is 0 Å². The van der Waals surface area contributed by atoms with Crippen LogP contribution in [-0.4, -0.2) is 57.0 Å². The summed E-state index contributed by atoms with van der Waals surface area (Å²) in [5, 5.41) is 31.9. The first kappa shape index (κ1) is 30.8. The molecular weight excluding hydrogens is 534 g/mol.